The second-order valence-electron chi connectivity index (χ2n) is 5.79. The normalized spacial score (nSPS) is 11.8. The van der Waals surface area contributed by atoms with Crippen molar-refractivity contribution in [2.24, 2.45) is 0 Å². The summed E-state index contributed by atoms with van der Waals surface area (Å²) in [6, 6.07) is 12.7. The van der Waals surface area contributed by atoms with Gasteiger partial charge in [0.15, 0.2) is 0 Å². The summed E-state index contributed by atoms with van der Waals surface area (Å²) in [7, 11) is -8.51. The lowest BCUT2D eigenvalue weighted by Crippen LogP contribution is -2.18. The molecule has 0 saturated heterocycles. The van der Waals surface area contributed by atoms with Crippen molar-refractivity contribution in [3.8, 4) is 0 Å². The Morgan fingerprint density at radius 2 is 1.28 bits per heavy atom. The van der Waals surface area contributed by atoms with Gasteiger partial charge in [0, 0.05) is 5.02 Å². The first-order valence-corrected chi connectivity index (χ1v) is 11.3. The molecule has 3 aromatic rings. The lowest BCUT2D eigenvalue weighted by Gasteiger charge is -2.15. The standard InChI is InChI=1S/C18H13ClF2N2O4S2/c19-12-5-10-18(15(21)11-12)29(26,27)23-17-4-2-1-3-16(17)22-28(24,25)14-8-6-13(20)7-9-14/h1-11,22-23H. The van der Waals surface area contributed by atoms with Crippen LogP contribution in [0, 0.1) is 11.6 Å². The van der Waals surface area contributed by atoms with Crippen LogP contribution in [0.15, 0.2) is 76.5 Å². The van der Waals surface area contributed by atoms with E-state index in [4.69, 9.17) is 11.6 Å². The first kappa shape index (κ1) is 21.0. The molecular formula is C18H13ClF2N2O4S2. The fraction of sp³-hybridized carbons (Fsp3) is 0. The molecule has 0 radical (unpaired) electrons. The van der Waals surface area contributed by atoms with E-state index in [0.717, 1.165) is 36.4 Å². The van der Waals surface area contributed by atoms with Crippen molar-refractivity contribution in [3.63, 3.8) is 0 Å². The van der Waals surface area contributed by atoms with Gasteiger partial charge in [-0.25, -0.2) is 25.6 Å². The summed E-state index contributed by atoms with van der Waals surface area (Å²) >= 11 is 5.64. The highest BCUT2D eigenvalue weighted by Crippen LogP contribution is 2.28. The van der Waals surface area contributed by atoms with Gasteiger partial charge in [-0.3, -0.25) is 9.44 Å². The van der Waals surface area contributed by atoms with Crippen LogP contribution >= 0.6 is 11.6 Å². The van der Waals surface area contributed by atoms with E-state index < -0.39 is 36.6 Å². The van der Waals surface area contributed by atoms with Crippen LogP contribution < -0.4 is 9.44 Å². The average molecular weight is 459 g/mol. The summed E-state index contributed by atoms with van der Waals surface area (Å²) < 4.78 is 81.6. The number of rotatable bonds is 6. The Hall–Kier alpha value is -2.69. The molecule has 0 saturated carbocycles. The van der Waals surface area contributed by atoms with Crippen molar-refractivity contribution in [2.45, 2.75) is 9.79 Å². The lowest BCUT2D eigenvalue weighted by molar-refractivity contribution is 0.570. The van der Waals surface area contributed by atoms with Crippen LogP contribution in [0.2, 0.25) is 5.02 Å². The van der Waals surface area contributed by atoms with Crippen LogP contribution in [0.25, 0.3) is 0 Å². The first-order chi connectivity index (χ1) is 13.6. The van der Waals surface area contributed by atoms with Gasteiger partial charge in [-0.2, -0.15) is 0 Å². The summed E-state index contributed by atoms with van der Waals surface area (Å²) in [5.41, 5.74) is -0.234. The van der Waals surface area contributed by atoms with E-state index in [1.54, 1.807) is 0 Å². The molecule has 11 heteroatoms. The minimum Gasteiger partial charge on any atom is -0.277 e. The summed E-state index contributed by atoms with van der Waals surface area (Å²) in [6.45, 7) is 0. The molecule has 0 unspecified atom stereocenters. The zero-order chi connectivity index (χ0) is 21.2. The number of sulfonamides is 2. The minimum absolute atomic E-state index is 0.0221. The molecule has 0 bridgehead atoms. The first-order valence-electron chi connectivity index (χ1n) is 7.94. The van der Waals surface area contributed by atoms with Gasteiger partial charge in [0.1, 0.15) is 16.5 Å². The van der Waals surface area contributed by atoms with E-state index in [1.165, 1.54) is 30.3 Å². The zero-order valence-corrected chi connectivity index (χ0v) is 16.8. The average Bonchev–Trinajstić information content (AvgIpc) is 2.63. The maximum atomic E-state index is 14.0. The summed E-state index contributed by atoms with van der Waals surface area (Å²) in [5, 5.41) is 0.0221. The van der Waals surface area contributed by atoms with Crippen LogP contribution in [0.4, 0.5) is 20.2 Å². The lowest BCUT2D eigenvalue weighted by atomic mass is 10.3. The molecule has 29 heavy (non-hydrogen) atoms. The molecule has 0 atom stereocenters. The van der Waals surface area contributed by atoms with Gasteiger partial charge in [0.2, 0.25) is 0 Å². The molecule has 3 aromatic carbocycles. The van der Waals surface area contributed by atoms with E-state index in [1.807, 2.05) is 0 Å². The fourth-order valence-electron chi connectivity index (χ4n) is 2.37. The molecule has 152 valence electrons. The largest absolute Gasteiger partial charge is 0.277 e. The van der Waals surface area contributed by atoms with Crippen molar-refractivity contribution in [3.05, 3.63) is 83.4 Å². The SMILES string of the molecule is O=S(=O)(Nc1ccccc1NS(=O)(=O)c1ccc(Cl)cc1F)c1ccc(F)cc1. The monoisotopic (exact) mass is 458 g/mol. The maximum Gasteiger partial charge on any atom is 0.264 e. The molecular weight excluding hydrogens is 446 g/mol. The number of para-hydroxylation sites is 2. The molecule has 0 amide bonds. The molecule has 0 aliphatic carbocycles. The molecule has 3 rings (SSSR count). The number of hydrogen-bond donors (Lipinski definition) is 2. The zero-order valence-electron chi connectivity index (χ0n) is 14.4. The molecule has 0 aliphatic heterocycles. The van der Waals surface area contributed by atoms with Crippen molar-refractivity contribution in [2.75, 3.05) is 9.44 Å². The molecule has 0 heterocycles. The van der Waals surface area contributed by atoms with Gasteiger partial charge in [0.25, 0.3) is 20.0 Å². The third kappa shape index (κ3) is 4.84. The summed E-state index contributed by atoms with van der Waals surface area (Å²) in [5.74, 6) is -1.67. The molecule has 2 N–H and O–H groups in total. The molecule has 0 fully saturated rings. The van der Waals surface area contributed by atoms with Crippen molar-refractivity contribution < 1.29 is 25.6 Å². The topological polar surface area (TPSA) is 92.3 Å². The number of anilines is 2. The van der Waals surface area contributed by atoms with E-state index >= 15 is 0 Å². The van der Waals surface area contributed by atoms with Gasteiger partial charge < -0.3 is 0 Å². The predicted octanol–water partition coefficient (Wildman–Crippen LogP) is 4.22. The van der Waals surface area contributed by atoms with Crippen molar-refractivity contribution >= 4 is 43.0 Å². The highest BCUT2D eigenvalue weighted by molar-refractivity contribution is 7.93. The Bertz CT molecular complexity index is 1270. The number of halogens is 3. The second-order valence-corrected chi connectivity index (χ2v) is 9.55. The molecule has 0 aromatic heterocycles. The smallest absolute Gasteiger partial charge is 0.264 e. The summed E-state index contributed by atoms with van der Waals surface area (Å²) in [6.07, 6.45) is 0. The predicted molar refractivity (Wildman–Crippen MR) is 106 cm³/mol. The van der Waals surface area contributed by atoms with Gasteiger partial charge in [-0.05, 0) is 54.6 Å². The number of benzene rings is 3. The van der Waals surface area contributed by atoms with Gasteiger partial charge >= 0.3 is 0 Å². The minimum atomic E-state index is -4.38. The van der Waals surface area contributed by atoms with E-state index in [0.29, 0.717) is 0 Å². The maximum absolute atomic E-state index is 14.0. The van der Waals surface area contributed by atoms with Gasteiger partial charge in [-0.15, -0.1) is 0 Å². The fourth-order valence-corrected chi connectivity index (χ4v) is 4.75. The van der Waals surface area contributed by atoms with Crippen LogP contribution in [0.1, 0.15) is 0 Å². The van der Waals surface area contributed by atoms with Crippen LogP contribution in [0.3, 0.4) is 0 Å². The highest BCUT2D eigenvalue weighted by Gasteiger charge is 2.22. The van der Waals surface area contributed by atoms with E-state index in [-0.39, 0.29) is 21.3 Å². The molecule has 0 aliphatic rings. The Labute approximate surface area is 171 Å². The summed E-state index contributed by atoms with van der Waals surface area (Å²) in [4.78, 5) is -0.876. The van der Waals surface area contributed by atoms with E-state index in [2.05, 4.69) is 9.44 Å². The third-order valence-corrected chi connectivity index (χ3v) is 6.74. The number of nitrogens with one attached hydrogen (secondary N) is 2. The van der Waals surface area contributed by atoms with Crippen LogP contribution in [-0.2, 0) is 20.0 Å². The molecule has 0 spiro atoms. The molecule has 6 nitrogen and oxygen atoms in total. The second kappa shape index (κ2) is 7.97. The Morgan fingerprint density at radius 3 is 1.83 bits per heavy atom. The Kier molecular flexibility index (Phi) is 5.78. The Balaban J connectivity index is 1.94. The van der Waals surface area contributed by atoms with Crippen molar-refractivity contribution in [1.29, 1.82) is 0 Å². The van der Waals surface area contributed by atoms with Gasteiger partial charge in [0.05, 0.1) is 16.3 Å². The number of hydrogen-bond acceptors (Lipinski definition) is 4. The quantitative estimate of drug-likeness (QED) is 0.578. The Morgan fingerprint density at radius 1 is 0.724 bits per heavy atom. The van der Waals surface area contributed by atoms with Gasteiger partial charge in [-0.1, -0.05) is 23.7 Å². The van der Waals surface area contributed by atoms with Crippen LogP contribution in [0.5, 0.6) is 0 Å². The van der Waals surface area contributed by atoms with E-state index in [9.17, 15) is 25.6 Å². The van der Waals surface area contributed by atoms with Crippen LogP contribution in [-0.4, -0.2) is 16.8 Å². The van der Waals surface area contributed by atoms with Crippen molar-refractivity contribution in [1.82, 2.24) is 0 Å². The third-order valence-electron chi connectivity index (χ3n) is 3.72. The highest BCUT2D eigenvalue weighted by atomic mass is 35.5.